The van der Waals surface area contributed by atoms with Crippen LogP contribution in [-0.4, -0.2) is 6.04 Å². The first-order chi connectivity index (χ1) is 16.8. The number of para-hydroxylation sites is 2. The highest BCUT2D eigenvalue weighted by Gasteiger charge is 2.22. The SMILES string of the molecule is CC(C)[C@@H](C)N(c1ccc(N(c2ccccc2)c2ccccc2)cc1)c1ccc(C(C)(C)C)cc1. The molecule has 180 valence electrons. The van der Waals surface area contributed by atoms with Crippen molar-refractivity contribution < 1.29 is 0 Å². The van der Waals surface area contributed by atoms with Crippen LogP contribution in [0.5, 0.6) is 0 Å². The van der Waals surface area contributed by atoms with Gasteiger partial charge in [0, 0.05) is 34.5 Å². The van der Waals surface area contributed by atoms with E-state index in [9.17, 15) is 0 Å². The Morgan fingerprint density at radius 2 is 0.857 bits per heavy atom. The van der Waals surface area contributed by atoms with Crippen LogP contribution in [-0.2, 0) is 5.41 Å². The van der Waals surface area contributed by atoms with Crippen LogP contribution in [0.15, 0.2) is 109 Å². The molecule has 4 rings (SSSR count). The van der Waals surface area contributed by atoms with E-state index in [1.807, 2.05) is 0 Å². The standard InChI is InChI=1S/C33H38N2/c1-25(2)26(3)34(30-19-17-27(18-20-30)33(4,5)6)31-21-23-32(24-22-31)35(28-13-9-7-10-14-28)29-15-11-8-12-16-29/h7-26H,1-6H3/t26-/m1/s1. The van der Waals surface area contributed by atoms with Crippen LogP contribution in [0.2, 0.25) is 0 Å². The van der Waals surface area contributed by atoms with Crippen molar-refractivity contribution in [2.45, 2.75) is 53.0 Å². The summed E-state index contributed by atoms with van der Waals surface area (Å²) in [5.74, 6) is 0.516. The number of nitrogens with zero attached hydrogens (tertiary/aromatic N) is 2. The maximum Gasteiger partial charge on any atom is 0.0463 e. The molecule has 0 heterocycles. The van der Waals surface area contributed by atoms with Gasteiger partial charge in [0.15, 0.2) is 0 Å². The Balaban J connectivity index is 1.73. The molecule has 0 saturated heterocycles. The number of hydrogen-bond donors (Lipinski definition) is 0. The van der Waals surface area contributed by atoms with Crippen LogP contribution < -0.4 is 9.80 Å². The van der Waals surface area contributed by atoms with Gasteiger partial charge >= 0.3 is 0 Å². The monoisotopic (exact) mass is 462 g/mol. The number of anilines is 5. The zero-order valence-electron chi connectivity index (χ0n) is 21.9. The summed E-state index contributed by atoms with van der Waals surface area (Å²) in [6.07, 6.45) is 0. The van der Waals surface area contributed by atoms with E-state index in [1.54, 1.807) is 0 Å². The third kappa shape index (κ3) is 5.59. The van der Waals surface area contributed by atoms with Gasteiger partial charge in [0.05, 0.1) is 0 Å². The van der Waals surface area contributed by atoms with E-state index in [1.165, 1.54) is 16.9 Å². The minimum absolute atomic E-state index is 0.146. The zero-order chi connectivity index (χ0) is 25.0. The second-order valence-electron chi connectivity index (χ2n) is 10.7. The molecule has 0 bridgehead atoms. The first-order valence-corrected chi connectivity index (χ1v) is 12.7. The van der Waals surface area contributed by atoms with Gasteiger partial charge in [-0.3, -0.25) is 0 Å². The molecule has 0 radical (unpaired) electrons. The van der Waals surface area contributed by atoms with Gasteiger partial charge in [0.1, 0.15) is 0 Å². The van der Waals surface area contributed by atoms with Crippen molar-refractivity contribution in [3.05, 3.63) is 115 Å². The van der Waals surface area contributed by atoms with Crippen LogP contribution in [0.3, 0.4) is 0 Å². The predicted octanol–water partition coefficient (Wildman–Crippen LogP) is 9.64. The van der Waals surface area contributed by atoms with Crippen molar-refractivity contribution in [2.75, 3.05) is 9.80 Å². The molecule has 0 aromatic heterocycles. The second kappa shape index (κ2) is 10.4. The van der Waals surface area contributed by atoms with Gasteiger partial charge in [-0.25, -0.2) is 0 Å². The molecule has 0 amide bonds. The molecular weight excluding hydrogens is 424 g/mol. The molecule has 4 aromatic carbocycles. The van der Waals surface area contributed by atoms with E-state index >= 15 is 0 Å². The van der Waals surface area contributed by atoms with E-state index in [0.717, 1.165) is 17.1 Å². The van der Waals surface area contributed by atoms with Crippen LogP contribution in [0.25, 0.3) is 0 Å². The van der Waals surface area contributed by atoms with Crippen molar-refractivity contribution in [3.63, 3.8) is 0 Å². The third-order valence-corrected chi connectivity index (χ3v) is 6.80. The van der Waals surface area contributed by atoms with Gasteiger partial charge in [-0.15, -0.1) is 0 Å². The molecule has 35 heavy (non-hydrogen) atoms. The minimum atomic E-state index is 0.146. The van der Waals surface area contributed by atoms with Crippen molar-refractivity contribution in [1.29, 1.82) is 0 Å². The van der Waals surface area contributed by atoms with Gasteiger partial charge in [0.25, 0.3) is 0 Å². The topological polar surface area (TPSA) is 6.48 Å². The second-order valence-corrected chi connectivity index (χ2v) is 10.7. The highest BCUT2D eigenvalue weighted by molar-refractivity contribution is 5.78. The molecular formula is C33H38N2. The fourth-order valence-electron chi connectivity index (χ4n) is 4.40. The van der Waals surface area contributed by atoms with Crippen molar-refractivity contribution >= 4 is 28.4 Å². The Morgan fingerprint density at radius 3 is 1.26 bits per heavy atom. The average Bonchev–Trinajstić information content (AvgIpc) is 2.86. The highest BCUT2D eigenvalue weighted by Crippen LogP contribution is 2.37. The molecule has 0 aliphatic carbocycles. The first kappa shape index (κ1) is 24.6. The molecule has 2 heteroatoms. The fraction of sp³-hybridized carbons (Fsp3) is 0.273. The predicted molar refractivity (Wildman–Crippen MR) is 153 cm³/mol. The maximum atomic E-state index is 2.47. The van der Waals surface area contributed by atoms with Crippen molar-refractivity contribution in [1.82, 2.24) is 0 Å². The maximum absolute atomic E-state index is 2.47. The smallest absolute Gasteiger partial charge is 0.0463 e. The number of rotatable bonds is 7. The fourth-order valence-corrected chi connectivity index (χ4v) is 4.40. The van der Waals surface area contributed by atoms with Crippen LogP contribution in [0.4, 0.5) is 28.4 Å². The Bertz CT molecular complexity index is 1150. The molecule has 0 unspecified atom stereocenters. The quantitative estimate of drug-likeness (QED) is 0.270. The van der Waals surface area contributed by atoms with Crippen LogP contribution >= 0.6 is 0 Å². The Labute approximate surface area is 211 Å². The molecule has 0 saturated carbocycles. The van der Waals surface area contributed by atoms with E-state index in [2.05, 4.69) is 161 Å². The largest absolute Gasteiger partial charge is 0.338 e. The third-order valence-electron chi connectivity index (χ3n) is 6.80. The molecule has 0 aliphatic rings. The van der Waals surface area contributed by atoms with E-state index in [-0.39, 0.29) is 5.41 Å². The summed E-state index contributed by atoms with van der Waals surface area (Å²) in [6, 6.07) is 39.5. The average molecular weight is 463 g/mol. The van der Waals surface area contributed by atoms with E-state index < -0.39 is 0 Å². The summed E-state index contributed by atoms with van der Waals surface area (Å²) in [5.41, 5.74) is 7.39. The number of hydrogen-bond acceptors (Lipinski definition) is 2. The summed E-state index contributed by atoms with van der Waals surface area (Å²) < 4.78 is 0. The van der Waals surface area contributed by atoms with Gasteiger partial charge in [-0.05, 0) is 84.5 Å². The summed E-state index contributed by atoms with van der Waals surface area (Å²) in [6.45, 7) is 13.7. The molecule has 0 N–H and O–H groups in total. The molecule has 1 atom stereocenters. The summed E-state index contributed by atoms with van der Waals surface area (Å²) in [4.78, 5) is 4.77. The molecule has 0 aliphatic heterocycles. The molecule has 2 nitrogen and oxygen atoms in total. The summed E-state index contributed by atoms with van der Waals surface area (Å²) >= 11 is 0. The lowest BCUT2D eigenvalue weighted by molar-refractivity contribution is 0.518. The lowest BCUT2D eigenvalue weighted by Gasteiger charge is -2.35. The van der Waals surface area contributed by atoms with Gasteiger partial charge in [-0.2, -0.15) is 0 Å². The number of benzene rings is 4. The minimum Gasteiger partial charge on any atom is -0.338 e. The van der Waals surface area contributed by atoms with Gasteiger partial charge in [-0.1, -0.05) is 83.1 Å². The normalized spacial score (nSPS) is 12.4. The Morgan fingerprint density at radius 1 is 0.486 bits per heavy atom. The van der Waals surface area contributed by atoms with Gasteiger partial charge < -0.3 is 9.80 Å². The first-order valence-electron chi connectivity index (χ1n) is 12.7. The molecule has 0 fully saturated rings. The summed E-state index contributed by atoms with van der Waals surface area (Å²) in [7, 11) is 0. The van der Waals surface area contributed by atoms with Crippen LogP contribution in [0.1, 0.15) is 47.1 Å². The van der Waals surface area contributed by atoms with Crippen molar-refractivity contribution in [2.24, 2.45) is 5.92 Å². The summed E-state index contributed by atoms with van der Waals surface area (Å²) in [5, 5.41) is 0. The zero-order valence-corrected chi connectivity index (χ0v) is 21.9. The lowest BCUT2D eigenvalue weighted by Crippen LogP contribution is -2.32. The van der Waals surface area contributed by atoms with Gasteiger partial charge in [0.2, 0.25) is 0 Å². The van der Waals surface area contributed by atoms with E-state index in [4.69, 9.17) is 0 Å². The molecule has 4 aromatic rings. The molecule has 0 spiro atoms. The highest BCUT2D eigenvalue weighted by atomic mass is 15.2. The van der Waals surface area contributed by atoms with Crippen molar-refractivity contribution in [3.8, 4) is 0 Å². The lowest BCUT2D eigenvalue weighted by atomic mass is 9.87. The van der Waals surface area contributed by atoms with Crippen LogP contribution in [0, 0.1) is 5.92 Å². The van der Waals surface area contributed by atoms with E-state index in [0.29, 0.717) is 12.0 Å². The Hall–Kier alpha value is -3.52. The Kier molecular flexibility index (Phi) is 7.31.